The first-order valence-corrected chi connectivity index (χ1v) is 9.24. The van der Waals surface area contributed by atoms with Crippen molar-refractivity contribution in [2.24, 2.45) is 0 Å². The molecule has 3 rings (SSSR count). The average Bonchev–Trinajstić information content (AvgIpc) is 2.64. The van der Waals surface area contributed by atoms with Gasteiger partial charge in [0.15, 0.2) is 6.61 Å². The Hall–Kier alpha value is -2.48. The summed E-state index contributed by atoms with van der Waals surface area (Å²) in [5.41, 5.74) is 1.56. The van der Waals surface area contributed by atoms with E-state index in [0.29, 0.717) is 17.0 Å². The molecule has 7 nitrogen and oxygen atoms in total. The van der Waals surface area contributed by atoms with Gasteiger partial charge in [0.2, 0.25) is 0 Å². The number of carbonyl (C=O) groups is 1. The summed E-state index contributed by atoms with van der Waals surface area (Å²) in [5, 5.41) is 36.1. The van der Waals surface area contributed by atoms with Crippen LogP contribution in [0.2, 0.25) is 0 Å². The summed E-state index contributed by atoms with van der Waals surface area (Å²) in [7, 11) is 0. The van der Waals surface area contributed by atoms with E-state index in [-0.39, 0.29) is 48.5 Å². The summed E-state index contributed by atoms with van der Waals surface area (Å²) < 4.78 is 5.46. The van der Waals surface area contributed by atoms with E-state index in [2.05, 4.69) is 10.6 Å². The number of β-amino-alcohol motifs (C(OH)–C–C–N with tert-alkyl or cyclic N) is 1. The number of anilines is 1. The minimum Gasteiger partial charge on any atom is -0.508 e. The van der Waals surface area contributed by atoms with Gasteiger partial charge in [0.1, 0.15) is 17.2 Å². The van der Waals surface area contributed by atoms with E-state index in [0.717, 1.165) is 18.4 Å². The number of aliphatic hydroxyl groups excluding tert-OH is 1. The molecule has 0 aliphatic carbocycles. The molecule has 0 bridgehead atoms. The molecule has 1 amide bonds. The molecule has 0 saturated heterocycles. The van der Waals surface area contributed by atoms with E-state index >= 15 is 0 Å². The molecule has 1 heterocycles. The number of nitrogens with one attached hydrogen (secondary N) is 2. The second kappa shape index (κ2) is 9.35. The topological polar surface area (TPSA) is 111 Å². The van der Waals surface area contributed by atoms with Crippen LogP contribution in [0.15, 0.2) is 36.4 Å². The number of fused-ring (bicyclic) bond motifs is 1. The molecule has 5 N–H and O–H groups in total. The van der Waals surface area contributed by atoms with E-state index in [1.165, 1.54) is 12.1 Å². The number of phenolic OH excluding ortho intramolecular Hbond substituents is 2. The zero-order valence-electron chi connectivity index (χ0n) is 16.4. The Morgan fingerprint density at radius 2 is 1.97 bits per heavy atom. The summed E-state index contributed by atoms with van der Waals surface area (Å²) in [6.07, 6.45) is 0.658. The highest BCUT2D eigenvalue weighted by molar-refractivity contribution is 5.96. The van der Waals surface area contributed by atoms with E-state index in [9.17, 15) is 20.1 Å². The van der Waals surface area contributed by atoms with Gasteiger partial charge in [0, 0.05) is 23.7 Å². The number of ether oxygens (including phenoxy) is 1. The first kappa shape index (κ1) is 22.8. The van der Waals surface area contributed by atoms with Crippen molar-refractivity contribution in [2.45, 2.75) is 38.3 Å². The lowest BCUT2D eigenvalue weighted by Crippen LogP contribution is -2.42. The molecule has 29 heavy (non-hydrogen) atoms. The third kappa shape index (κ3) is 6.00. The van der Waals surface area contributed by atoms with E-state index in [1.807, 2.05) is 26.0 Å². The fraction of sp³-hybridized carbons (Fsp3) is 0.381. The van der Waals surface area contributed by atoms with Crippen LogP contribution in [0, 0.1) is 0 Å². The van der Waals surface area contributed by atoms with Crippen LogP contribution in [0.4, 0.5) is 5.69 Å². The smallest absolute Gasteiger partial charge is 0.262 e. The largest absolute Gasteiger partial charge is 0.508 e. The zero-order valence-corrected chi connectivity index (χ0v) is 17.3. The number of carbonyl (C=O) groups excluding carboxylic acids is 1. The van der Waals surface area contributed by atoms with Gasteiger partial charge in [-0.15, -0.1) is 12.4 Å². The summed E-state index contributed by atoms with van der Waals surface area (Å²) in [6.45, 7) is 4.20. The minimum atomic E-state index is -0.920. The van der Waals surface area contributed by atoms with Gasteiger partial charge in [-0.2, -0.15) is 0 Å². The van der Waals surface area contributed by atoms with Crippen molar-refractivity contribution in [2.75, 3.05) is 18.5 Å². The number of rotatable bonds is 7. The quantitative estimate of drug-likeness (QED) is 0.469. The highest BCUT2D eigenvalue weighted by atomic mass is 35.5. The standard InChI is InChI=1S/C21H26N2O5.ClH/c1-21(2,7-6-13-4-3-5-14(24)8-13)22-11-18(26)16-9-15(25)10-17-20(16)28-12-19(27)23-17;/h3-5,8-10,18,22,24-26H,6-7,11-12H2,1-2H3,(H,23,27);1H/t18-;/m0./s1. The lowest BCUT2D eigenvalue weighted by molar-refractivity contribution is -0.118. The number of hydrogen-bond donors (Lipinski definition) is 5. The molecule has 0 aromatic heterocycles. The second-order valence-corrected chi connectivity index (χ2v) is 7.70. The predicted molar refractivity (Wildman–Crippen MR) is 113 cm³/mol. The number of aryl methyl sites for hydroxylation is 1. The van der Waals surface area contributed by atoms with Gasteiger partial charge in [0.05, 0.1) is 11.8 Å². The number of aliphatic hydroxyl groups is 1. The lowest BCUT2D eigenvalue weighted by Gasteiger charge is -2.29. The van der Waals surface area contributed by atoms with E-state index in [4.69, 9.17) is 4.74 Å². The zero-order chi connectivity index (χ0) is 20.3. The molecule has 1 aliphatic heterocycles. The molecule has 2 aromatic rings. The van der Waals surface area contributed by atoms with Crippen LogP contribution < -0.4 is 15.4 Å². The fourth-order valence-electron chi connectivity index (χ4n) is 3.20. The number of aromatic hydroxyl groups is 2. The Balaban J connectivity index is 0.00000300. The van der Waals surface area contributed by atoms with E-state index in [1.54, 1.807) is 12.1 Å². The summed E-state index contributed by atoms with van der Waals surface area (Å²) in [4.78, 5) is 11.5. The second-order valence-electron chi connectivity index (χ2n) is 7.70. The van der Waals surface area contributed by atoms with Crippen molar-refractivity contribution in [1.82, 2.24) is 5.32 Å². The van der Waals surface area contributed by atoms with Crippen LogP contribution in [0.3, 0.4) is 0 Å². The molecule has 0 unspecified atom stereocenters. The highest BCUT2D eigenvalue weighted by Crippen LogP contribution is 2.38. The first-order valence-electron chi connectivity index (χ1n) is 9.24. The van der Waals surface area contributed by atoms with Gasteiger partial charge in [-0.3, -0.25) is 4.79 Å². The highest BCUT2D eigenvalue weighted by Gasteiger charge is 2.26. The molecule has 0 fully saturated rings. The van der Waals surface area contributed by atoms with E-state index < -0.39 is 6.10 Å². The van der Waals surface area contributed by atoms with Crippen LogP contribution >= 0.6 is 12.4 Å². The van der Waals surface area contributed by atoms with Gasteiger partial charge in [0.25, 0.3) is 5.91 Å². The van der Waals surface area contributed by atoms with Gasteiger partial charge in [-0.25, -0.2) is 0 Å². The van der Waals surface area contributed by atoms with Crippen LogP contribution in [0.25, 0.3) is 0 Å². The number of hydrogen-bond acceptors (Lipinski definition) is 6. The van der Waals surface area contributed by atoms with Gasteiger partial charge < -0.3 is 30.7 Å². The third-order valence-electron chi connectivity index (χ3n) is 4.81. The Morgan fingerprint density at radius 1 is 1.21 bits per heavy atom. The SMILES string of the molecule is CC(C)(CCc1cccc(O)c1)NC[C@H](O)c1cc(O)cc2c1OCC(=O)N2.Cl. The molecule has 2 aromatic carbocycles. The maximum absolute atomic E-state index is 11.5. The Labute approximate surface area is 176 Å². The third-order valence-corrected chi connectivity index (χ3v) is 4.81. The number of phenols is 2. The van der Waals surface area contributed by atoms with Crippen LogP contribution in [0.1, 0.15) is 37.5 Å². The molecule has 0 spiro atoms. The minimum absolute atomic E-state index is 0. The fourth-order valence-corrected chi connectivity index (χ4v) is 3.20. The first-order chi connectivity index (χ1) is 13.2. The molecule has 0 radical (unpaired) electrons. The molecular weight excluding hydrogens is 396 g/mol. The number of amides is 1. The van der Waals surface area contributed by atoms with Crippen molar-refractivity contribution in [1.29, 1.82) is 0 Å². The molecule has 1 atom stereocenters. The lowest BCUT2D eigenvalue weighted by atomic mass is 9.94. The van der Waals surface area contributed by atoms with Crippen LogP contribution in [0.5, 0.6) is 17.2 Å². The Bertz CT molecular complexity index is 872. The Kier molecular flexibility index (Phi) is 7.35. The predicted octanol–water partition coefficient (Wildman–Crippen LogP) is 2.88. The summed E-state index contributed by atoms with van der Waals surface area (Å²) in [6, 6.07) is 10.0. The Morgan fingerprint density at radius 3 is 2.69 bits per heavy atom. The van der Waals surface area contributed by atoms with Gasteiger partial charge >= 0.3 is 0 Å². The van der Waals surface area contributed by atoms with Crippen molar-refractivity contribution in [3.63, 3.8) is 0 Å². The normalized spacial score (nSPS) is 14.2. The van der Waals surface area contributed by atoms with Crippen LogP contribution in [-0.2, 0) is 11.2 Å². The van der Waals surface area contributed by atoms with Crippen molar-refractivity contribution >= 4 is 24.0 Å². The van der Waals surface area contributed by atoms with Gasteiger partial charge in [-0.05, 0) is 50.5 Å². The number of benzene rings is 2. The van der Waals surface area contributed by atoms with Crippen molar-refractivity contribution in [3.8, 4) is 17.2 Å². The maximum atomic E-state index is 11.5. The summed E-state index contributed by atoms with van der Waals surface area (Å²) >= 11 is 0. The number of halogens is 1. The van der Waals surface area contributed by atoms with Crippen molar-refractivity contribution < 1.29 is 24.9 Å². The average molecular weight is 423 g/mol. The van der Waals surface area contributed by atoms with Crippen molar-refractivity contribution in [3.05, 3.63) is 47.5 Å². The molecular formula is C21H27ClN2O5. The molecule has 0 saturated carbocycles. The van der Waals surface area contributed by atoms with Gasteiger partial charge in [-0.1, -0.05) is 12.1 Å². The molecule has 8 heteroatoms. The molecule has 158 valence electrons. The monoisotopic (exact) mass is 422 g/mol. The maximum Gasteiger partial charge on any atom is 0.262 e. The molecule has 1 aliphatic rings. The van der Waals surface area contributed by atoms with Crippen LogP contribution in [-0.4, -0.2) is 39.9 Å². The summed E-state index contributed by atoms with van der Waals surface area (Å²) in [5.74, 6) is 0.273.